The van der Waals surface area contributed by atoms with Gasteiger partial charge in [0.1, 0.15) is 5.60 Å². The van der Waals surface area contributed by atoms with Crippen LogP contribution < -0.4 is 10.6 Å². The first-order valence-electron chi connectivity index (χ1n) is 8.04. The van der Waals surface area contributed by atoms with Gasteiger partial charge in [0.15, 0.2) is 0 Å². The fourth-order valence-corrected chi connectivity index (χ4v) is 4.08. The summed E-state index contributed by atoms with van der Waals surface area (Å²) in [5.41, 5.74) is -0.472. The molecule has 2 unspecified atom stereocenters. The minimum Gasteiger partial charge on any atom is -0.444 e. The van der Waals surface area contributed by atoms with E-state index in [1.54, 1.807) is 11.3 Å². The highest BCUT2D eigenvalue weighted by Crippen LogP contribution is 2.29. The highest BCUT2D eigenvalue weighted by atomic mass is 79.9. The van der Waals surface area contributed by atoms with Crippen LogP contribution >= 0.6 is 27.3 Å². The van der Waals surface area contributed by atoms with Gasteiger partial charge in [-0.05, 0) is 67.4 Å². The molecular formula is C17H29BrN2O2S. The van der Waals surface area contributed by atoms with Crippen LogP contribution in [0.15, 0.2) is 15.9 Å². The van der Waals surface area contributed by atoms with E-state index in [2.05, 4.69) is 58.8 Å². The predicted molar refractivity (Wildman–Crippen MR) is 101 cm³/mol. The third-order valence-corrected chi connectivity index (χ3v) is 5.22. The van der Waals surface area contributed by atoms with Crippen molar-refractivity contribution in [2.75, 3.05) is 6.54 Å². The standard InChI is InChI=1S/C17H29BrN2O2S/c1-11(2)9-13(10-19-16(21)22-17(4,5)6)20-12(3)15-14(18)7-8-23-15/h7-8,11-13,20H,9-10H2,1-6H3,(H,19,21). The van der Waals surface area contributed by atoms with Gasteiger partial charge in [0.05, 0.1) is 0 Å². The van der Waals surface area contributed by atoms with Gasteiger partial charge in [0.2, 0.25) is 0 Å². The first kappa shape index (κ1) is 20.5. The van der Waals surface area contributed by atoms with E-state index in [0.29, 0.717) is 12.5 Å². The highest BCUT2D eigenvalue weighted by molar-refractivity contribution is 9.10. The molecule has 1 aromatic heterocycles. The second kappa shape index (κ2) is 9.04. The largest absolute Gasteiger partial charge is 0.444 e. The lowest BCUT2D eigenvalue weighted by atomic mass is 10.0. The topological polar surface area (TPSA) is 50.4 Å². The SMILES string of the molecule is CC(C)CC(CNC(=O)OC(C)(C)C)NC(C)c1sccc1Br. The maximum Gasteiger partial charge on any atom is 0.407 e. The van der Waals surface area contributed by atoms with E-state index in [0.717, 1.165) is 10.9 Å². The number of alkyl carbamates (subject to hydrolysis) is 1. The lowest BCUT2D eigenvalue weighted by molar-refractivity contribution is 0.0520. The van der Waals surface area contributed by atoms with Gasteiger partial charge in [-0.25, -0.2) is 4.79 Å². The lowest BCUT2D eigenvalue weighted by Crippen LogP contribution is -2.44. The molecule has 1 heterocycles. The average Bonchev–Trinajstić information content (AvgIpc) is 2.79. The third kappa shape index (κ3) is 8.18. The van der Waals surface area contributed by atoms with Crippen LogP contribution in [0.4, 0.5) is 4.79 Å². The molecule has 23 heavy (non-hydrogen) atoms. The van der Waals surface area contributed by atoms with Crippen molar-refractivity contribution in [1.29, 1.82) is 0 Å². The van der Waals surface area contributed by atoms with Crippen LogP contribution in [0.2, 0.25) is 0 Å². The zero-order valence-electron chi connectivity index (χ0n) is 14.9. The smallest absolute Gasteiger partial charge is 0.407 e. The second-order valence-corrected chi connectivity index (χ2v) is 9.03. The fourth-order valence-electron chi connectivity index (χ4n) is 2.34. The Balaban J connectivity index is 2.59. The molecule has 0 saturated carbocycles. The summed E-state index contributed by atoms with van der Waals surface area (Å²) in [5, 5.41) is 8.58. The van der Waals surface area contributed by atoms with Gasteiger partial charge < -0.3 is 15.4 Å². The molecule has 2 N–H and O–H groups in total. The van der Waals surface area contributed by atoms with Crippen LogP contribution in [0.3, 0.4) is 0 Å². The van der Waals surface area contributed by atoms with Crippen LogP contribution in [0.5, 0.6) is 0 Å². The number of ether oxygens (including phenoxy) is 1. The molecule has 0 aliphatic rings. The number of carbonyl (C=O) groups is 1. The quantitative estimate of drug-likeness (QED) is 0.664. The van der Waals surface area contributed by atoms with Crippen LogP contribution in [0, 0.1) is 5.92 Å². The summed E-state index contributed by atoms with van der Waals surface area (Å²) in [7, 11) is 0. The van der Waals surface area contributed by atoms with Gasteiger partial charge in [-0.2, -0.15) is 0 Å². The molecule has 0 aliphatic carbocycles. The van der Waals surface area contributed by atoms with E-state index in [-0.39, 0.29) is 18.2 Å². The minimum atomic E-state index is -0.472. The van der Waals surface area contributed by atoms with Crippen molar-refractivity contribution in [3.05, 3.63) is 20.8 Å². The Hall–Kier alpha value is -0.590. The van der Waals surface area contributed by atoms with Crippen molar-refractivity contribution >= 4 is 33.4 Å². The van der Waals surface area contributed by atoms with Crippen molar-refractivity contribution in [2.45, 2.75) is 65.6 Å². The van der Waals surface area contributed by atoms with Crippen molar-refractivity contribution < 1.29 is 9.53 Å². The van der Waals surface area contributed by atoms with Crippen molar-refractivity contribution in [3.63, 3.8) is 0 Å². The summed E-state index contributed by atoms with van der Waals surface area (Å²) in [5.74, 6) is 0.548. The summed E-state index contributed by atoms with van der Waals surface area (Å²) >= 11 is 5.31. The molecule has 0 aliphatic heterocycles. The zero-order chi connectivity index (χ0) is 17.6. The molecule has 132 valence electrons. The summed E-state index contributed by atoms with van der Waals surface area (Å²) in [6.45, 7) is 12.7. The highest BCUT2D eigenvalue weighted by Gasteiger charge is 2.20. The van der Waals surface area contributed by atoms with E-state index in [1.807, 2.05) is 20.8 Å². The summed E-state index contributed by atoms with van der Waals surface area (Å²) in [6.07, 6.45) is 0.626. The van der Waals surface area contributed by atoms with Gasteiger partial charge in [0.25, 0.3) is 0 Å². The van der Waals surface area contributed by atoms with Gasteiger partial charge >= 0.3 is 6.09 Å². The second-order valence-electron chi connectivity index (χ2n) is 7.23. The number of hydrogen-bond donors (Lipinski definition) is 2. The Morgan fingerprint density at radius 1 is 1.35 bits per heavy atom. The Morgan fingerprint density at radius 2 is 2.00 bits per heavy atom. The Morgan fingerprint density at radius 3 is 2.48 bits per heavy atom. The lowest BCUT2D eigenvalue weighted by Gasteiger charge is -2.26. The van der Waals surface area contributed by atoms with Crippen molar-refractivity contribution in [2.24, 2.45) is 5.92 Å². The van der Waals surface area contributed by atoms with Crippen LogP contribution in [-0.4, -0.2) is 24.3 Å². The van der Waals surface area contributed by atoms with E-state index >= 15 is 0 Å². The maximum atomic E-state index is 11.9. The van der Waals surface area contributed by atoms with E-state index in [4.69, 9.17) is 4.74 Å². The first-order valence-corrected chi connectivity index (χ1v) is 9.71. The molecule has 4 nitrogen and oxygen atoms in total. The molecule has 0 saturated heterocycles. The molecule has 0 radical (unpaired) electrons. The molecular weight excluding hydrogens is 376 g/mol. The first-order chi connectivity index (χ1) is 10.6. The van der Waals surface area contributed by atoms with Gasteiger partial charge in [-0.1, -0.05) is 13.8 Å². The molecule has 1 rings (SSSR count). The van der Waals surface area contributed by atoms with Gasteiger partial charge in [0, 0.05) is 28.0 Å². The van der Waals surface area contributed by atoms with Gasteiger partial charge in [-0.3, -0.25) is 0 Å². The Bertz CT molecular complexity index is 497. The minimum absolute atomic E-state index is 0.200. The maximum absolute atomic E-state index is 11.9. The number of halogens is 1. The number of amides is 1. The summed E-state index contributed by atoms with van der Waals surface area (Å²) < 4.78 is 6.44. The van der Waals surface area contributed by atoms with Gasteiger partial charge in [-0.15, -0.1) is 11.3 Å². The van der Waals surface area contributed by atoms with Crippen LogP contribution in [0.1, 0.15) is 58.9 Å². The van der Waals surface area contributed by atoms with Crippen LogP contribution in [0.25, 0.3) is 0 Å². The van der Waals surface area contributed by atoms with E-state index in [1.165, 1.54) is 4.88 Å². The fraction of sp³-hybridized carbons (Fsp3) is 0.706. The van der Waals surface area contributed by atoms with E-state index in [9.17, 15) is 4.79 Å². The zero-order valence-corrected chi connectivity index (χ0v) is 17.3. The van der Waals surface area contributed by atoms with Crippen LogP contribution in [-0.2, 0) is 4.74 Å². The average molecular weight is 405 g/mol. The number of rotatable bonds is 7. The number of carbonyl (C=O) groups excluding carboxylic acids is 1. The number of thiophene rings is 1. The molecule has 0 fully saturated rings. The van der Waals surface area contributed by atoms with Crippen molar-refractivity contribution in [1.82, 2.24) is 10.6 Å². The number of hydrogen-bond acceptors (Lipinski definition) is 4. The number of nitrogens with one attached hydrogen (secondary N) is 2. The predicted octanol–water partition coefficient (Wildman–Crippen LogP) is 5.10. The van der Waals surface area contributed by atoms with E-state index < -0.39 is 5.60 Å². The third-order valence-electron chi connectivity index (χ3n) is 3.17. The Kier molecular flexibility index (Phi) is 8.04. The molecule has 2 atom stereocenters. The molecule has 0 bridgehead atoms. The monoisotopic (exact) mass is 404 g/mol. The summed E-state index contributed by atoms with van der Waals surface area (Å²) in [4.78, 5) is 13.1. The molecule has 0 aromatic carbocycles. The molecule has 6 heteroatoms. The molecule has 1 amide bonds. The summed E-state index contributed by atoms with van der Waals surface area (Å²) in [6, 6.07) is 2.49. The van der Waals surface area contributed by atoms with Crippen molar-refractivity contribution in [3.8, 4) is 0 Å². The Labute approximate surface area is 152 Å². The molecule has 0 spiro atoms. The molecule has 1 aromatic rings. The normalized spacial score (nSPS) is 14.6.